The number of hydrogen-bond acceptors (Lipinski definition) is 3. The van der Waals surface area contributed by atoms with Crippen molar-refractivity contribution in [3.63, 3.8) is 0 Å². The Morgan fingerprint density at radius 2 is 1.81 bits per heavy atom. The minimum Gasteiger partial charge on any atom is -0.496 e. The summed E-state index contributed by atoms with van der Waals surface area (Å²) in [6.45, 7) is 1.90. The van der Waals surface area contributed by atoms with E-state index < -0.39 is 11.6 Å². The van der Waals surface area contributed by atoms with E-state index in [1.165, 1.54) is 42.5 Å². The monoisotopic (exact) mass is 481 g/mol. The third-order valence-electron chi connectivity index (χ3n) is 5.30. The molecule has 0 fully saturated rings. The van der Waals surface area contributed by atoms with Crippen LogP contribution in [0.3, 0.4) is 0 Å². The summed E-state index contributed by atoms with van der Waals surface area (Å²) >= 11 is 8.13. The summed E-state index contributed by atoms with van der Waals surface area (Å²) in [6, 6.07) is 13.2. The molecule has 0 unspecified atom stereocenters. The number of thioether (sulfide) groups is 1. The lowest BCUT2D eigenvalue weighted by Gasteiger charge is -2.14. The normalized spacial score (nSPS) is 13.2. The topological polar surface area (TPSA) is 21.3 Å². The molecule has 1 N–H and O–H groups in total. The van der Waals surface area contributed by atoms with E-state index in [2.05, 4.69) is 11.4 Å². The van der Waals surface area contributed by atoms with Gasteiger partial charge in [0.1, 0.15) is 17.4 Å². The largest absolute Gasteiger partial charge is 0.496 e. The third kappa shape index (κ3) is 5.35. The van der Waals surface area contributed by atoms with Crippen LogP contribution in [0, 0.1) is 11.6 Å². The molecule has 3 aromatic carbocycles. The van der Waals surface area contributed by atoms with Crippen LogP contribution in [-0.4, -0.2) is 20.2 Å². The number of benzene rings is 3. The van der Waals surface area contributed by atoms with Gasteiger partial charge in [0.25, 0.3) is 0 Å². The Balaban J connectivity index is 0.00000272. The van der Waals surface area contributed by atoms with Crippen LogP contribution >= 0.6 is 35.8 Å². The Kier molecular flexibility index (Phi) is 8.23. The van der Waals surface area contributed by atoms with Crippen molar-refractivity contribution >= 4 is 35.8 Å². The quantitative estimate of drug-likeness (QED) is 0.409. The summed E-state index contributed by atoms with van der Waals surface area (Å²) in [7, 11) is 1.49. The highest BCUT2D eigenvalue weighted by atomic mass is 35.5. The maximum atomic E-state index is 14.9. The van der Waals surface area contributed by atoms with E-state index in [1.807, 2.05) is 12.1 Å². The SMILES string of the molecule is COc1ccc(F)cc1-c1ccc(CSc2c(Cl)ccc3c2CCNCC3)cc1F.Cl. The molecule has 1 aliphatic heterocycles. The van der Waals surface area contributed by atoms with Crippen molar-refractivity contribution in [3.8, 4) is 16.9 Å². The van der Waals surface area contributed by atoms with Gasteiger partial charge >= 0.3 is 0 Å². The summed E-state index contributed by atoms with van der Waals surface area (Å²) < 4.78 is 33.9. The number of nitrogens with one attached hydrogen (secondary N) is 1. The first kappa shape index (κ1) is 23.9. The fraction of sp³-hybridized carbons (Fsp3) is 0.250. The van der Waals surface area contributed by atoms with E-state index in [-0.39, 0.29) is 12.4 Å². The molecule has 0 bridgehead atoms. The van der Waals surface area contributed by atoms with E-state index in [0.717, 1.165) is 41.4 Å². The fourth-order valence-electron chi connectivity index (χ4n) is 3.78. The molecule has 31 heavy (non-hydrogen) atoms. The number of rotatable bonds is 5. The van der Waals surface area contributed by atoms with Gasteiger partial charge in [-0.2, -0.15) is 0 Å². The van der Waals surface area contributed by atoms with Crippen LogP contribution in [0.5, 0.6) is 5.75 Å². The van der Waals surface area contributed by atoms with Gasteiger partial charge in [0.15, 0.2) is 0 Å². The smallest absolute Gasteiger partial charge is 0.131 e. The first-order valence-corrected chi connectivity index (χ1v) is 11.2. The van der Waals surface area contributed by atoms with Gasteiger partial charge in [0.05, 0.1) is 12.1 Å². The molecule has 1 aliphatic rings. The van der Waals surface area contributed by atoms with Crippen molar-refractivity contribution in [2.75, 3.05) is 20.2 Å². The lowest BCUT2D eigenvalue weighted by molar-refractivity contribution is 0.415. The lowest BCUT2D eigenvalue weighted by atomic mass is 10.0. The predicted molar refractivity (Wildman–Crippen MR) is 127 cm³/mol. The summed E-state index contributed by atoms with van der Waals surface area (Å²) in [5, 5.41) is 4.16. The molecule has 2 nitrogen and oxygen atoms in total. The maximum absolute atomic E-state index is 14.9. The molecule has 0 saturated heterocycles. The van der Waals surface area contributed by atoms with E-state index in [1.54, 1.807) is 17.8 Å². The second-order valence-corrected chi connectivity index (χ2v) is 8.60. The van der Waals surface area contributed by atoms with E-state index in [9.17, 15) is 8.78 Å². The van der Waals surface area contributed by atoms with Crippen molar-refractivity contribution in [1.82, 2.24) is 5.32 Å². The number of ether oxygens (including phenoxy) is 1. The lowest BCUT2D eigenvalue weighted by Crippen LogP contribution is -2.16. The zero-order valence-electron chi connectivity index (χ0n) is 17.0. The Morgan fingerprint density at radius 3 is 2.58 bits per heavy atom. The van der Waals surface area contributed by atoms with E-state index >= 15 is 0 Å². The number of hydrogen-bond donors (Lipinski definition) is 1. The first-order valence-electron chi connectivity index (χ1n) is 9.83. The molecular weight excluding hydrogens is 459 g/mol. The molecule has 0 aromatic heterocycles. The number of halogens is 4. The fourth-order valence-corrected chi connectivity index (χ4v) is 5.22. The summed E-state index contributed by atoms with van der Waals surface area (Å²) in [5.74, 6) is 0.198. The first-order chi connectivity index (χ1) is 14.6. The standard InChI is InChI=1S/C24H22ClF2NOS.ClH/c1-29-23-7-4-17(26)13-20(23)19-5-2-15(12-22(19)27)14-30-24-18-9-11-28-10-8-16(18)3-6-21(24)25;/h2-7,12-13,28H,8-11,14H2,1H3;1H. The predicted octanol–water partition coefficient (Wildman–Crippen LogP) is 6.70. The summed E-state index contributed by atoms with van der Waals surface area (Å²) in [6.07, 6.45) is 1.92. The van der Waals surface area contributed by atoms with E-state index in [4.69, 9.17) is 16.3 Å². The van der Waals surface area contributed by atoms with Gasteiger partial charge < -0.3 is 10.1 Å². The van der Waals surface area contributed by atoms with Crippen molar-refractivity contribution in [2.24, 2.45) is 0 Å². The highest BCUT2D eigenvalue weighted by Crippen LogP contribution is 2.37. The third-order valence-corrected chi connectivity index (χ3v) is 6.96. The summed E-state index contributed by atoms with van der Waals surface area (Å²) in [5.41, 5.74) is 4.18. The van der Waals surface area contributed by atoms with Crippen molar-refractivity contribution < 1.29 is 13.5 Å². The van der Waals surface area contributed by atoms with Crippen LogP contribution in [0.4, 0.5) is 8.78 Å². The second-order valence-electron chi connectivity index (χ2n) is 7.21. The highest BCUT2D eigenvalue weighted by Gasteiger charge is 2.16. The molecule has 3 aromatic rings. The molecule has 0 saturated carbocycles. The van der Waals surface area contributed by atoms with Gasteiger partial charge in [-0.05, 0) is 73.0 Å². The Bertz CT molecular complexity index is 1080. The zero-order valence-corrected chi connectivity index (χ0v) is 19.4. The van der Waals surface area contributed by atoms with Gasteiger partial charge in [-0.3, -0.25) is 0 Å². The molecule has 1 heterocycles. The van der Waals surface area contributed by atoms with Crippen LogP contribution in [0.15, 0.2) is 53.4 Å². The molecule has 0 radical (unpaired) electrons. The van der Waals surface area contributed by atoms with Gasteiger partial charge in [-0.1, -0.05) is 29.8 Å². The molecule has 0 atom stereocenters. The molecule has 4 rings (SSSR count). The van der Waals surface area contributed by atoms with Gasteiger partial charge in [-0.15, -0.1) is 24.2 Å². The Morgan fingerprint density at radius 1 is 1.00 bits per heavy atom. The van der Waals surface area contributed by atoms with Crippen LogP contribution < -0.4 is 10.1 Å². The Labute approximate surface area is 196 Å². The molecule has 0 amide bonds. The summed E-state index contributed by atoms with van der Waals surface area (Å²) in [4.78, 5) is 1.08. The van der Waals surface area contributed by atoms with Crippen molar-refractivity contribution in [3.05, 3.63) is 81.9 Å². The minimum absolute atomic E-state index is 0. The van der Waals surface area contributed by atoms with Gasteiger partial charge in [-0.25, -0.2) is 8.78 Å². The Hall–Kier alpha value is -1.79. The van der Waals surface area contributed by atoms with Gasteiger partial charge in [0, 0.05) is 21.8 Å². The van der Waals surface area contributed by atoms with E-state index in [0.29, 0.717) is 22.6 Å². The van der Waals surface area contributed by atoms with Gasteiger partial charge in [0.2, 0.25) is 0 Å². The van der Waals surface area contributed by atoms with Crippen LogP contribution in [0.25, 0.3) is 11.1 Å². The van der Waals surface area contributed by atoms with Crippen LogP contribution in [-0.2, 0) is 18.6 Å². The molecular formula is C24H23Cl2F2NOS. The molecule has 164 valence electrons. The second kappa shape index (κ2) is 10.7. The number of fused-ring (bicyclic) bond motifs is 1. The average molecular weight is 482 g/mol. The maximum Gasteiger partial charge on any atom is 0.131 e. The van der Waals surface area contributed by atoms with Crippen molar-refractivity contribution in [2.45, 2.75) is 23.5 Å². The molecule has 7 heteroatoms. The molecule has 0 spiro atoms. The zero-order chi connectivity index (χ0) is 21.1. The van der Waals surface area contributed by atoms with Crippen LogP contribution in [0.1, 0.15) is 16.7 Å². The molecule has 0 aliphatic carbocycles. The van der Waals surface area contributed by atoms with Crippen LogP contribution in [0.2, 0.25) is 5.02 Å². The minimum atomic E-state index is -0.432. The number of methoxy groups -OCH3 is 1. The van der Waals surface area contributed by atoms with Crippen molar-refractivity contribution in [1.29, 1.82) is 0 Å². The highest BCUT2D eigenvalue weighted by molar-refractivity contribution is 7.98. The average Bonchev–Trinajstić information content (AvgIpc) is 2.99.